The molecule has 0 saturated carbocycles. The minimum Gasteiger partial charge on any atom is -0.457 e. The van der Waals surface area contributed by atoms with Crippen LogP contribution in [0.4, 0.5) is 8.78 Å². The topological polar surface area (TPSA) is 90.3 Å². The van der Waals surface area contributed by atoms with Crippen LogP contribution >= 0.6 is 0 Å². The number of carbonyl (C=O) groups is 1. The predicted octanol–water partition coefficient (Wildman–Crippen LogP) is 3.07. The second-order valence-corrected chi connectivity index (χ2v) is 8.16. The first-order chi connectivity index (χ1) is 13.7. The number of alkyl halides is 2. The summed E-state index contributed by atoms with van der Waals surface area (Å²) in [5.41, 5.74) is 2.28. The van der Waals surface area contributed by atoms with E-state index in [-0.39, 0.29) is 16.2 Å². The van der Waals surface area contributed by atoms with Gasteiger partial charge in [0.1, 0.15) is 13.2 Å². The number of rotatable bonds is 7. The number of esters is 1. The van der Waals surface area contributed by atoms with E-state index < -0.39 is 35.7 Å². The van der Waals surface area contributed by atoms with Crippen LogP contribution in [0.3, 0.4) is 0 Å². The average Bonchev–Trinajstić information content (AvgIpc) is 3.05. The van der Waals surface area contributed by atoms with E-state index in [1.807, 2.05) is 6.92 Å². The van der Waals surface area contributed by atoms with Crippen molar-refractivity contribution in [2.45, 2.75) is 31.9 Å². The third-order valence-electron chi connectivity index (χ3n) is 4.42. The van der Waals surface area contributed by atoms with Crippen molar-refractivity contribution in [3.8, 4) is 0 Å². The third kappa shape index (κ3) is 4.60. The van der Waals surface area contributed by atoms with Gasteiger partial charge < -0.3 is 4.74 Å². The minimum absolute atomic E-state index is 0.0212. The van der Waals surface area contributed by atoms with Gasteiger partial charge in [-0.15, -0.1) is 0 Å². The Balaban J connectivity index is 1.65. The molecule has 1 N–H and O–H groups in total. The molecule has 0 bridgehead atoms. The van der Waals surface area contributed by atoms with Crippen LogP contribution in [0.1, 0.15) is 23.5 Å². The van der Waals surface area contributed by atoms with E-state index in [1.54, 1.807) is 31.2 Å². The highest BCUT2D eigenvalue weighted by atomic mass is 32.2. The van der Waals surface area contributed by atoms with Crippen molar-refractivity contribution in [3.63, 3.8) is 0 Å². The van der Waals surface area contributed by atoms with E-state index >= 15 is 0 Å². The first kappa shape index (κ1) is 20.9. The summed E-state index contributed by atoms with van der Waals surface area (Å²) in [5.74, 6) is -1.04. The largest absolute Gasteiger partial charge is 0.457 e. The highest BCUT2D eigenvalue weighted by Gasteiger charge is 2.20. The van der Waals surface area contributed by atoms with Crippen molar-refractivity contribution in [2.24, 2.45) is 0 Å². The monoisotopic (exact) mass is 423 g/mol. The van der Waals surface area contributed by atoms with Crippen molar-refractivity contribution in [3.05, 3.63) is 59.4 Å². The van der Waals surface area contributed by atoms with Gasteiger partial charge in [0.2, 0.25) is 10.0 Å². The highest BCUT2D eigenvalue weighted by Crippen LogP contribution is 2.23. The molecular weight excluding hydrogens is 404 g/mol. The molecule has 0 amide bonds. The number of nitrogens with one attached hydrogen (secondary N) is 1. The molecule has 0 fully saturated rings. The lowest BCUT2D eigenvalue weighted by Crippen LogP contribution is -2.31. The zero-order chi connectivity index (χ0) is 21.2. The van der Waals surface area contributed by atoms with E-state index in [4.69, 9.17) is 4.74 Å². The molecule has 3 rings (SSSR count). The molecule has 2 aromatic carbocycles. The lowest BCUT2D eigenvalue weighted by atomic mass is 10.1. The number of aromatic nitrogens is 2. The molecule has 0 atom stereocenters. The summed E-state index contributed by atoms with van der Waals surface area (Å²) < 4.78 is 59.1. The molecule has 0 aliphatic rings. The van der Waals surface area contributed by atoms with Crippen LogP contribution in [0.5, 0.6) is 0 Å². The van der Waals surface area contributed by atoms with Crippen molar-refractivity contribution < 1.29 is 26.7 Å². The van der Waals surface area contributed by atoms with E-state index in [2.05, 4.69) is 9.71 Å². The van der Waals surface area contributed by atoms with Crippen molar-refractivity contribution >= 4 is 27.0 Å². The highest BCUT2D eigenvalue weighted by molar-refractivity contribution is 7.89. The summed E-state index contributed by atoms with van der Waals surface area (Å²) in [6, 6.07) is 10.9. The molecular formula is C19H19F2N3O4S. The molecule has 29 heavy (non-hydrogen) atoms. The Bertz CT molecular complexity index is 1160. The number of nitrogens with zero attached hydrogens (tertiary/aromatic N) is 2. The Morgan fingerprint density at radius 3 is 2.59 bits per heavy atom. The number of aryl methyl sites for hydroxylation is 2. The van der Waals surface area contributed by atoms with E-state index in [0.29, 0.717) is 10.1 Å². The summed E-state index contributed by atoms with van der Waals surface area (Å²) in [5, 5.41) is 0. The molecule has 0 saturated heterocycles. The second kappa shape index (κ2) is 8.26. The van der Waals surface area contributed by atoms with Gasteiger partial charge in [0.25, 0.3) is 0 Å². The standard InChI is InChI=1S/C19H19F2N3O4S/c1-12-7-8-14(9-13(12)2)29(26,27)22-10-18(25)28-11-17-23-15-5-3-4-6-16(15)24(17)19(20)21/h3-9,19,22H,10-11H2,1-2H3. The molecule has 0 radical (unpaired) electrons. The molecule has 0 aliphatic carbocycles. The van der Waals surface area contributed by atoms with E-state index in [9.17, 15) is 22.0 Å². The van der Waals surface area contributed by atoms with Crippen molar-refractivity contribution in [1.29, 1.82) is 0 Å². The number of benzene rings is 2. The van der Waals surface area contributed by atoms with Crippen LogP contribution in [0.2, 0.25) is 0 Å². The van der Waals surface area contributed by atoms with Crippen LogP contribution in [-0.2, 0) is 26.2 Å². The van der Waals surface area contributed by atoms with E-state index in [0.717, 1.165) is 11.1 Å². The van der Waals surface area contributed by atoms with Gasteiger partial charge in [-0.2, -0.15) is 13.5 Å². The summed E-state index contributed by atoms with van der Waals surface area (Å²) in [4.78, 5) is 16.0. The molecule has 7 nitrogen and oxygen atoms in total. The quantitative estimate of drug-likeness (QED) is 0.590. The molecule has 1 heterocycles. The van der Waals surface area contributed by atoms with Crippen LogP contribution in [0.15, 0.2) is 47.4 Å². The Kier molecular flexibility index (Phi) is 5.94. The fourth-order valence-electron chi connectivity index (χ4n) is 2.73. The number of ether oxygens (including phenoxy) is 1. The van der Waals surface area contributed by atoms with Crippen LogP contribution in [0, 0.1) is 13.8 Å². The van der Waals surface area contributed by atoms with Crippen molar-refractivity contribution in [1.82, 2.24) is 14.3 Å². The third-order valence-corrected chi connectivity index (χ3v) is 5.82. The summed E-state index contributed by atoms with van der Waals surface area (Å²) in [6.07, 6.45) is 0. The smallest absolute Gasteiger partial charge is 0.321 e. The number of fused-ring (bicyclic) bond motifs is 1. The minimum atomic E-state index is -3.91. The Morgan fingerprint density at radius 1 is 1.17 bits per heavy atom. The van der Waals surface area contributed by atoms with E-state index in [1.165, 1.54) is 18.2 Å². The number of imidazole rings is 1. The molecule has 154 valence electrons. The average molecular weight is 423 g/mol. The van der Waals surface area contributed by atoms with Gasteiger partial charge in [-0.05, 0) is 49.2 Å². The molecule has 0 aliphatic heterocycles. The number of halogens is 2. The first-order valence-corrected chi connectivity index (χ1v) is 10.1. The zero-order valence-corrected chi connectivity index (χ0v) is 16.5. The molecule has 3 aromatic rings. The first-order valence-electron chi connectivity index (χ1n) is 8.65. The zero-order valence-electron chi connectivity index (χ0n) is 15.7. The number of carbonyl (C=O) groups excluding carboxylic acids is 1. The normalized spacial score (nSPS) is 11.9. The Hall–Kier alpha value is -2.85. The number of para-hydroxylation sites is 2. The van der Waals surface area contributed by atoms with Gasteiger partial charge in [0, 0.05) is 0 Å². The molecule has 0 spiro atoms. The maximum Gasteiger partial charge on any atom is 0.321 e. The van der Waals surface area contributed by atoms with Crippen LogP contribution in [-0.4, -0.2) is 30.5 Å². The SMILES string of the molecule is Cc1ccc(S(=O)(=O)NCC(=O)OCc2nc3ccccc3n2C(F)F)cc1C. The maximum absolute atomic E-state index is 13.4. The summed E-state index contributed by atoms with van der Waals surface area (Å²) in [6.45, 7) is -0.381. The Labute approximate surface area is 166 Å². The van der Waals surface area contributed by atoms with Crippen molar-refractivity contribution in [2.75, 3.05) is 6.54 Å². The second-order valence-electron chi connectivity index (χ2n) is 6.40. The lowest BCUT2D eigenvalue weighted by Gasteiger charge is -2.10. The number of hydrogen-bond acceptors (Lipinski definition) is 5. The van der Waals surface area contributed by atoms with Gasteiger partial charge in [-0.25, -0.2) is 13.4 Å². The molecule has 0 unspecified atom stereocenters. The number of sulfonamides is 1. The summed E-state index contributed by atoms with van der Waals surface area (Å²) in [7, 11) is -3.91. The van der Waals surface area contributed by atoms with Gasteiger partial charge >= 0.3 is 12.5 Å². The maximum atomic E-state index is 13.4. The lowest BCUT2D eigenvalue weighted by molar-refractivity contribution is -0.144. The van der Waals surface area contributed by atoms with Gasteiger partial charge in [0.05, 0.1) is 15.9 Å². The molecule has 10 heteroatoms. The fraction of sp³-hybridized carbons (Fsp3) is 0.263. The molecule has 1 aromatic heterocycles. The Morgan fingerprint density at radius 2 is 1.90 bits per heavy atom. The fourth-order valence-corrected chi connectivity index (χ4v) is 3.78. The summed E-state index contributed by atoms with van der Waals surface area (Å²) >= 11 is 0. The number of hydrogen-bond donors (Lipinski definition) is 1. The van der Waals surface area contributed by atoms with Crippen LogP contribution < -0.4 is 4.72 Å². The van der Waals surface area contributed by atoms with Gasteiger partial charge in [-0.3, -0.25) is 9.36 Å². The predicted molar refractivity (Wildman–Crippen MR) is 102 cm³/mol. The van der Waals surface area contributed by atoms with Gasteiger partial charge in [-0.1, -0.05) is 18.2 Å². The van der Waals surface area contributed by atoms with Crippen LogP contribution in [0.25, 0.3) is 11.0 Å². The van der Waals surface area contributed by atoms with Gasteiger partial charge in [0.15, 0.2) is 5.82 Å².